The van der Waals surface area contributed by atoms with Gasteiger partial charge in [-0.05, 0) is 86.8 Å². The SMILES string of the molecule is Cc1cccc(-c2csc(N3C[C@@H](C)[C@](C)(C(=O)O)C3C)n2)c1OCc1ccc2c(c1C)CCN(C1CCOCC1)C2. The van der Waals surface area contributed by atoms with Crippen molar-refractivity contribution in [2.24, 2.45) is 11.3 Å². The van der Waals surface area contributed by atoms with Crippen LogP contribution in [0.25, 0.3) is 11.3 Å². The van der Waals surface area contributed by atoms with E-state index in [1.165, 1.54) is 22.3 Å². The van der Waals surface area contributed by atoms with E-state index in [9.17, 15) is 9.90 Å². The van der Waals surface area contributed by atoms with E-state index in [1.54, 1.807) is 11.3 Å². The first-order chi connectivity index (χ1) is 20.2. The number of fused-ring (bicyclic) bond motifs is 1. The average Bonchev–Trinajstić information content (AvgIpc) is 3.57. The van der Waals surface area contributed by atoms with Crippen molar-refractivity contribution in [3.63, 3.8) is 0 Å². The summed E-state index contributed by atoms with van der Waals surface area (Å²) in [7, 11) is 0. The topological polar surface area (TPSA) is 75.1 Å². The minimum atomic E-state index is -0.806. The lowest BCUT2D eigenvalue weighted by molar-refractivity contribution is -0.150. The van der Waals surface area contributed by atoms with Crippen LogP contribution >= 0.6 is 11.3 Å². The maximum absolute atomic E-state index is 12.1. The van der Waals surface area contributed by atoms with Crippen LogP contribution in [0, 0.1) is 25.2 Å². The van der Waals surface area contributed by atoms with Gasteiger partial charge in [0.25, 0.3) is 0 Å². The Morgan fingerprint density at radius 3 is 2.71 bits per heavy atom. The van der Waals surface area contributed by atoms with Crippen molar-refractivity contribution in [3.05, 3.63) is 63.5 Å². The van der Waals surface area contributed by atoms with E-state index < -0.39 is 11.4 Å². The van der Waals surface area contributed by atoms with Crippen LogP contribution in [0.5, 0.6) is 5.75 Å². The van der Waals surface area contributed by atoms with E-state index in [2.05, 4.69) is 53.3 Å². The highest BCUT2D eigenvalue weighted by atomic mass is 32.1. The smallest absolute Gasteiger partial charge is 0.311 e. The summed E-state index contributed by atoms with van der Waals surface area (Å²) in [5.41, 5.74) is 7.62. The maximum atomic E-state index is 12.1. The van der Waals surface area contributed by atoms with Gasteiger partial charge in [-0.2, -0.15) is 0 Å². The first-order valence-corrected chi connectivity index (χ1v) is 16.2. The molecule has 1 N–H and O–H groups in total. The van der Waals surface area contributed by atoms with Gasteiger partial charge in [0, 0.05) is 55.9 Å². The van der Waals surface area contributed by atoms with E-state index in [1.807, 2.05) is 26.8 Å². The predicted molar refractivity (Wildman–Crippen MR) is 167 cm³/mol. The molecule has 3 atom stereocenters. The lowest BCUT2D eigenvalue weighted by atomic mass is 9.76. The van der Waals surface area contributed by atoms with Crippen molar-refractivity contribution in [2.45, 2.75) is 79.1 Å². The number of hydrogen-bond acceptors (Lipinski definition) is 7. The first-order valence-electron chi connectivity index (χ1n) is 15.3. The van der Waals surface area contributed by atoms with Crippen molar-refractivity contribution in [3.8, 4) is 17.0 Å². The van der Waals surface area contributed by atoms with Gasteiger partial charge in [-0.15, -0.1) is 11.3 Å². The zero-order valence-electron chi connectivity index (χ0n) is 25.5. The molecule has 0 aliphatic carbocycles. The van der Waals surface area contributed by atoms with Gasteiger partial charge < -0.3 is 19.5 Å². The molecule has 8 heteroatoms. The molecule has 2 fully saturated rings. The summed E-state index contributed by atoms with van der Waals surface area (Å²) >= 11 is 1.57. The number of thiazole rings is 1. The van der Waals surface area contributed by atoms with Crippen molar-refractivity contribution in [1.82, 2.24) is 9.88 Å². The molecular formula is C34H43N3O4S. The van der Waals surface area contributed by atoms with Gasteiger partial charge in [-0.25, -0.2) is 4.98 Å². The Balaban J connectivity index is 1.19. The molecule has 224 valence electrons. The number of carboxylic acids is 1. The van der Waals surface area contributed by atoms with Gasteiger partial charge >= 0.3 is 5.97 Å². The summed E-state index contributed by atoms with van der Waals surface area (Å²) in [6.07, 6.45) is 3.35. The Hall–Kier alpha value is -2.94. The van der Waals surface area contributed by atoms with Crippen LogP contribution in [-0.4, -0.2) is 59.3 Å². The van der Waals surface area contributed by atoms with Crippen molar-refractivity contribution < 1.29 is 19.4 Å². The van der Waals surface area contributed by atoms with Crippen molar-refractivity contribution >= 4 is 22.4 Å². The zero-order chi connectivity index (χ0) is 29.6. The summed E-state index contributed by atoms with van der Waals surface area (Å²) in [5.74, 6) is 0.139. The standard InChI is InChI=1S/C34H43N3O4S/c1-21-7-6-8-29(30-20-42-33(35-30)37-17-22(2)34(5,24(37)4)32(38)39)31(21)41-19-26-10-9-25-18-36(14-11-28(25)23(26)3)27-12-15-40-16-13-27/h6-10,20,22,24,27H,11-19H2,1-5H3,(H,38,39)/t22-,24?,34+/m1/s1. The Kier molecular flexibility index (Phi) is 8.07. The number of ether oxygens (including phenoxy) is 2. The second-order valence-electron chi connectivity index (χ2n) is 12.6. The highest BCUT2D eigenvalue weighted by molar-refractivity contribution is 7.14. The van der Waals surface area contributed by atoms with Gasteiger partial charge in [0.05, 0.1) is 11.1 Å². The maximum Gasteiger partial charge on any atom is 0.311 e. The number of aromatic nitrogens is 1. The van der Waals surface area contributed by atoms with Gasteiger partial charge in [0.2, 0.25) is 0 Å². The predicted octanol–water partition coefficient (Wildman–Crippen LogP) is 6.48. The Labute approximate surface area is 253 Å². The summed E-state index contributed by atoms with van der Waals surface area (Å²) in [4.78, 5) is 21.9. The number of para-hydroxylation sites is 1. The van der Waals surface area contributed by atoms with E-state index in [0.717, 1.165) is 73.3 Å². The number of rotatable bonds is 7. The van der Waals surface area contributed by atoms with Crippen LogP contribution in [-0.2, 0) is 29.1 Å². The third-order valence-electron chi connectivity index (χ3n) is 10.4. The fourth-order valence-electron chi connectivity index (χ4n) is 7.16. The molecule has 0 radical (unpaired) electrons. The monoisotopic (exact) mass is 589 g/mol. The van der Waals surface area contributed by atoms with E-state index in [0.29, 0.717) is 19.2 Å². The molecule has 2 saturated heterocycles. The molecule has 7 nitrogen and oxygen atoms in total. The number of carbonyl (C=O) groups is 1. The van der Waals surface area contributed by atoms with E-state index in [4.69, 9.17) is 14.5 Å². The molecule has 1 aromatic heterocycles. The number of hydrogen-bond donors (Lipinski definition) is 1. The van der Waals surface area contributed by atoms with Gasteiger partial charge in [-0.1, -0.05) is 31.2 Å². The van der Waals surface area contributed by atoms with Gasteiger partial charge in [0.1, 0.15) is 12.4 Å². The van der Waals surface area contributed by atoms with Gasteiger partial charge in [-0.3, -0.25) is 9.69 Å². The van der Waals surface area contributed by atoms with Crippen LogP contribution in [0.2, 0.25) is 0 Å². The summed E-state index contributed by atoms with van der Waals surface area (Å²) in [6, 6.07) is 11.2. The molecule has 3 aromatic rings. The van der Waals surface area contributed by atoms with E-state index >= 15 is 0 Å². The molecule has 6 rings (SSSR count). The van der Waals surface area contributed by atoms with E-state index in [-0.39, 0.29) is 12.0 Å². The fraction of sp³-hybridized carbons (Fsp3) is 0.529. The van der Waals surface area contributed by atoms with Crippen molar-refractivity contribution in [2.75, 3.05) is 31.2 Å². The zero-order valence-corrected chi connectivity index (χ0v) is 26.3. The first kappa shape index (κ1) is 29.1. The number of nitrogens with zero attached hydrogens (tertiary/aromatic N) is 3. The molecular weight excluding hydrogens is 546 g/mol. The molecule has 2 aromatic carbocycles. The highest BCUT2D eigenvalue weighted by Crippen LogP contribution is 2.45. The number of carboxylic acid groups (broad SMARTS) is 1. The number of aryl methyl sites for hydroxylation is 1. The van der Waals surface area contributed by atoms with Crippen LogP contribution in [0.1, 0.15) is 61.4 Å². The molecule has 3 aliphatic heterocycles. The molecule has 1 unspecified atom stereocenters. The summed E-state index contributed by atoms with van der Waals surface area (Å²) < 4.78 is 12.2. The Bertz CT molecular complexity index is 1460. The average molecular weight is 590 g/mol. The summed E-state index contributed by atoms with van der Waals surface area (Å²) in [6.45, 7) is 15.3. The number of aliphatic carboxylic acids is 1. The number of anilines is 1. The molecule has 0 bridgehead atoms. The fourth-order valence-corrected chi connectivity index (χ4v) is 8.07. The van der Waals surface area contributed by atoms with Crippen LogP contribution in [0.3, 0.4) is 0 Å². The molecule has 3 aliphatic rings. The molecule has 0 amide bonds. The molecule has 42 heavy (non-hydrogen) atoms. The third kappa shape index (κ3) is 5.12. The minimum absolute atomic E-state index is 0.0278. The quantitative estimate of drug-likeness (QED) is 0.338. The minimum Gasteiger partial charge on any atom is -0.488 e. The second-order valence-corrected chi connectivity index (χ2v) is 13.5. The number of benzene rings is 2. The largest absolute Gasteiger partial charge is 0.488 e. The Morgan fingerprint density at radius 1 is 1.19 bits per heavy atom. The van der Waals surface area contributed by atoms with Crippen LogP contribution < -0.4 is 9.64 Å². The second kappa shape index (κ2) is 11.6. The Morgan fingerprint density at radius 2 is 1.98 bits per heavy atom. The summed E-state index contributed by atoms with van der Waals surface area (Å²) in [5, 5.41) is 12.9. The highest BCUT2D eigenvalue weighted by Gasteiger charge is 2.52. The van der Waals surface area contributed by atoms with Crippen molar-refractivity contribution in [1.29, 1.82) is 0 Å². The lowest BCUT2D eigenvalue weighted by Gasteiger charge is -2.38. The van der Waals surface area contributed by atoms with Crippen LogP contribution in [0.15, 0.2) is 35.7 Å². The molecule has 0 saturated carbocycles. The lowest BCUT2D eigenvalue weighted by Crippen LogP contribution is -2.42. The van der Waals surface area contributed by atoms with Gasteiger partial charge in [0.15, 0.2) is 5.13 Å². The van der Waals surface area contributed by atoms with Crippen LogP contribution in [0.4, 0.5) is 5.13 Å². The normalized spacial score (nSPS) is 25.0. The molecule has 4 heterocycles. The molecule has 0 spiro atoms. The third-order valence-corrected chi connectivity index (χ3v) is 11.3.